The summed E-state index contributed by atoms with van der Waals surface area (Å²) < 4.78 is 0.838. The minimum Gasteiger partial charge on any atom is -0.324 e. The Hall–Kier alpha value is -3.07. The van der Waals surface area contributed by atoms with E-state index in [1.807, 2.05) is 24.3 Å². The molecule has 30 heavy (non-hydrogen) atoms. The Kier molecular flexibility index (Phi) is 5.38. The van der Waals surface area contributed by atoms with Crippen molar-refractivity contribution in [3.05, 3.63) is 58.6 Å². The number of hydrogen-bond acceptors (Lipinski definition) is 6. The molecule has 0 radical (unpaired) electrons. The first kappa shape index (κ1) is 20.2. The smallest absolute Gasteiger partial charge is 0.263 e. The molecule has 1 N–H and O–H groups in total. The van der Waals surface area contributed by atoms with Gasteiger partial charge in [0.2, 0.25) is 5.91 Å². The van der Waals surface area contributed by atoms with E-state index in [0.29, 0.717) is 17.3 Å². The van der Waals surface area contributed by atoms with Crippen LogP contribution in [0.15, 0.2) is 63.3 Å². The van der Waals surface area contributed by atoms with Crippen molar-refractivity contribution in [2.24, 2.45) is 10.3 Å². The second-order valence-corrected chi connectivity index (χ2v) is 8.42. The molecule has 2 atom stereocenters. The Balaban J connectivity index is 1.44. The maximum absolute atomic E-state index is 12.9. The third-order valence-electron chi connectivity index (χ3n) is 5.11. The van der Waals surface area contributed by atoms with E-state index >= 15 is 0 Å². The van der Waals surface area contributed by atoms with E-state index in [1.165, 1.54) is 10.6 Å². The largest absolute Gasteiger partial charge is 0.324 e. The van der Waals surface area contributed by atoms with Gasteiger partial charge in [0, 0.05) is 10.2 Å². The van der Waals surface area contributed by atoms with Crippen molar-refractivity contribution in [3.8, 4) is 0 Å². The highest BCUT2D eigenvalue weighted by Gasteiger charge is 2.55. The van der Waals surface area contributed by atoms with Crippen LogP contribution in [0, 0.1) is 0 Å². The fraction of sp³-hybridized carbons (Fsp3) is 0.286. The van der Waals surface area contributed by atoms with Crippen LogP contribution in [-0.4, -0.2) is 41.4 Å². The second-order valence-electron chi connectivity index (χ2n) is 7.51. The molecule has 4 rings (SSSR count). The summed E-state index contributed by atoms with van der Waals surface area (Å²) in [6.45, 7) is 4.02. The van der Waals surface area contributed by atoms with E-state index < -0.39 is 23.9 Å². The van der Waals surface area contributed by atoms with Gasteiger partial charge in [-0.05, 0) is 47.9 Å². The molecule has 2 aromatic carbocycles. The quantitative estimate of drug-likeness (QED) is 0.677. The van der Waals surface area contributed by atoms with Crippen molar-refractivity contribution in [2.45, 2.75) is 31.8 Å². The molecule has 1 saturated heterocycles. The fourth-order valence-electron chi connectivity index (χ4n) is 3.50. The first-order chi connectivity index (χ1) is 14.3. The molecule has 2 aliphatic heterocycles. The van der Waals surface area contributed by atoms with Crippen molar-refractivity contribution in [1.82, 2.24) is 5.01 Å². The number of hydrogen-bond donors (Lipinski definition) is 1. The van der Waals surface area contributed by atoms with Crippen molar-refractivity contribution in [1.29, 1.82) is 0 Å². The van der Waals surface area contributed by atoms with Crippen LogP contribution in [0.3, 0.4) is 0 Å². The summed E-state index contributed by atoms with van der Waals surface area (Å²) in [5, 5.41) is 11.9. The molecule has 2 aliphatic rings. The minimum atomic E-state index is -0.931. The highest BCUT2D eigenvalue weighted by atomic mass is 79.9. The van der Waals surface area contributed by atoms with Gasteiger partial charge in [-0.25, -0.2) is 4.90 Å². The molecule has 2 aromatic rings. The number of carbonyl (C=O) groups excluding carboxylic acids is 3. The van der Waals surface area contributed by atoms with Gasteiger partial charge >= 0.3 is 0 Å². The standard InChI is InChI=1S/C21H20BrN5O3/c1-12(2)13-3-7-15(8-4-13)23-17(28)11-26-19-18(24-25-26)20(29)27(21(19)30)16-9-5-14(22)6-10-16/h3-10,12,18-19H,11H2,1-2H3,(H,23,28)/t18-,19+/m0/s1. The number of fused-ring (bicyclic) bond motifs is 1. The van der Waals surface area contributed by atoms with Crippen LogP contribution in [0.2, 0.25) is 0 Å². The summed E-state index contributed by atoms with van der Waals surface area (Å²) in [5.41, 5.74) is 2.29. The lowest BCUT2D eigenvalue weighted by Crippen LogP contribution is -2.43. The number of rotatable bonds is 5. The predicted octanol–water partition coefficient (Wildman–Crippen LogP) is 3.50. The Morgan fingerprint density at radius 2 is 1.73 bits per heavy atom. The summed E-state index contributed by atoms with van der Waals surface area (Å²) in [5.74, 6) is -0.819. The van der Waals surface area contributed by atoms with E-state index in [2.05, 4.69) is 45.4 Å². The van der Waals surface area contributed by atoms with Crippen LogP contribution < -0.4 is 10.2 Å². The van der Waals surface area contributed by atoms with Gasteiger partial charge in [-0.1, -0.05) is 47.1 Å². The first-order valence-corrected chi connectivity index (χ1v) is 10.3. The summed E-state index contributed by atoms with van der Waals surface area (Å²) in [6, 6.07) is 12.6. The van der Waals surface area contributed by atoms with Gasteiger partial charge in [-0.2, -0.15) is 5.11 Å². The fourth-order valence-corrected chi connectivity index (χ4v) is 3.76. The van der Waals surface area contributed by atoms with Crippen LogP contribution in [-0.2, 0) is 14.4 Å². The maximum Gasteiger partial charge on any atom is 0.263 e. The van der Waals surface area contributed by atoms with Crippen molar-refractivity contribution >= 4 is 45.0 Å². The Labute approximate surface area is 182 Å². The lowest BCUT2D eigenvalue weighted by Gasteiger charge is -2.20. The van der Waals surface area contributed by atoms with Gasteiger partial charge in [-0.15, -0.1) is 0 Å². The monoisotopic (exact) mass is 469 g/mol. The summed E-state index contributed by atoms with van der Waals surface area (Å²) >= 11 is 3.33. The zero-order chi connectivity index (χ0) is 21.4. The number of nitrogens with zero attached hydrogens (tertiary/aromatic N) is 4. The molecule has 0 unspecified atom stereocenters. The number of imide groups is 1. The molecule has 154 valence electrons. The Bertz CT molecular complexity index is 1020. The number of benzene rings is 2. The third-order valence-corrected chi connectivity index (χ3v) is 5.64. The summed E-state index contributed by atoms with van der Waals surface area (Å²) in [6.07, 6.45) is 0. The maximum atomic E-state index is 12.9. The third kappa shape index (κ3) is 3.72. The summed E-state index contributed by atoms with van der Waals surface area (Å²) in [4.78, 5) is 39.2. The molecular formula is C21H20BrN5O3. The molecule has 0 aromatic heterocycles. The molecule has 2 heterocycles. The molecule has 8 nitrogen and oxygen atoms in total. The normalized spacial score (nSPS) is 20.3. The van der Waals surface area contributed by atoms with Gasteiger partial charge in [0.15, 0.2) is 12.1 Å². The van der Waals surface area contributed by atoms with E-state index in [4.69, 9.17) is 0 Å². The number of carbonyl (C=O) groups is 3. The van der Waals surface area contributed by atoms with Crippen molar-refractivity contribution in [2.75, 3.05) is 16.8 Å². The lowest BCUT2D eigenvalue weighted by molar-refractivity contribution is -0.123. The molecule has 0 spiro atoms. The number of anilines is 2. The lowest BCUT2D eigenvalue weighted by atomic mass is 10.0. The van der Waals surface area contributed by atoms with Gasteiger partial charge in [0.25, 0.3) is 11.8 Å². The van der Waals surface area contributed by atoms with E-state index in [-0.39, 0.29) is 12.5 Å². The second kappa shape index (κ2) is 7.98. The summed E-state index contributed by atoms with van der Waals surface area (Å²) in [7, 11) is 0. The molecule has 3 amide bonds. The predicted molar refractivity (Wildman–Crippen MR) is 115 cm³/mol. The highest BCUT2D eigenvalue weighted by Crippen LogP contribution is 2.32. The SMILES string of the molecule is CC(C)c1ccc(NC(=O)CN2N=N[C@@H]3C(=O)N(c4ccc(Br)cc4)C(=O)[C@@H]32)cc1. The average molecular weight is 470 g/mol. The minimum absolute atomic E-state index is 0.177. The van der Waals surface area contributed by atoms with Gasteiger partial charge in [0.05, 0.1) is 5.69 Å². The van der Waals surface area contributed by atoms with Crippen molar-refractivity contribution in [3.63, 3.8) is 0 Å². The zero-order valence-electron chi connectivity index (χ0n) is 16.4. The van der Waals surface area contributed by atoms with E-state index in [1.54, 1.807) is 24.3 Å². The first-order valence-electron chi connectivity index (χ1n) is 9.56. The van der Waals surface area contributed by atoms with Crippen LogP contribution in [0.25, 0.3) is 0 Å². The van der Waals surface area contributed by atoms with Crippen LogP contribution in [0.1, 0.15) is 25.3 Å². The van der Waals surface area contributed by atoms with Crippen LogP contribution >= 0.6 is 15.9 Å². The van der Waals surface area contributed by atoms with E-state index in [9.17, 15) is 14.4 Å². The Morgan fingerprint density at radius 1 is 1.07 bits per heavy atom. The topological polar surface area (TPSA) is 94.4 Å². The average Bonchev–Trinajstić information content (AvgIpc) is 3.23. The molecule has 0 aliphatic carbocycles. The number of nitrogens with one attached hydrogen (secondary N) is 1. The Morgan fingerprint density at radius 3 is 2.37 bits per heavy atom. The van der Waals surface area contributed by atoms with Gasteiger partial charge in [-0.3, -0.25) is 19.4 Å². The van der Waals surface area contributed by atoms with E-state index in [0.717, 1.165) is 9.37 Å². The molecule has 0 bridgehead atoms. The highest BCUT2D eigenvalue weighted by molar-refractivity contribution is 9.10. The van der Waals surface area contributed by atoms with Gasteiger partial charge in [0.1, 0.15) is 6.54 Å². The molecule has 9 heteroatoms. The molecular weight excluding hydrogens is 450 g/mol. The number of halogens is 1. The number of amides is 3. The zero-order valence-corrected chi connectivity index (χ0v) is 18.0. The molecule has 1 fully saturated rings. The van der Waals surface area contributed by atoms with Crippen LogP contribution in [0.5, 0.6) is 0 Å². The van der Waals surface area contributed by atoms with Crippen molar-refractivity contribution < 1.29 is 14.4 Å². The van der Waals surface area contributed by atoms with Crippen LogP contribution in [0.4, 0.5) is 11.4 Å². The molecule has 0 saturated carbocycles. The van der Waals surface area contributed by atoms with Gasteiger partial charge < -0.3 is 5.32 Å².